The number of benzene rings is 1. The molecule has 2 rings (SSSR count). The third-order valence-corrected chi connectivity index (χ3v) is 3.60. The van der Waals surface area contributed by atoms with Crippen LogP contribution in [0.4, 0.5) is 0 Å². The molecule has 1 heterocycles. The van der Waals surface area contributed by atoms with Gasteiger partial charge in [0.25, 0.3) is 0 Å². The number of aliphatic hydroxyl groups is 1. The molecule has 0 saturated carbocycles. The highest BCUT2D eigenvalue weighted by Gasteiger charge is 2.24. The van der Waals surface area contributed by atoms with Crippen LogP contribution in [-0.4, -0.2) is 49.3 Å². The minimum Gasteiger partial charge on any atom is -0.493 e. The monoisotopic (exact) mass is 307 g/mol. The summed E-state index contributed by atoms with van der Waals surface area (Å²) in [5, 5.41) is 15.5. The molecule has 2 atom stereocenters. The Morgan fingerprint density at radius 2 is 2.05 bits per heavy atom. The summed E-state index contributed by atoms with van der Waals surface area (Å²) in [6, 6.07) is 6.43. The predicted molar refractivity (Wildman–Crippen MR) is 80.4 cm³/mol. The Morgan fingerprint density at radius 1 is 1.32 bits per heavy atom. The van der Waals surface area contributed by atoms with E-state index in [1.54, 1.807) is 24.3 Å². The zero-order valence-electron chi connectivity index (χ0n) is 12.2. The molecule has 0 aliphatic carbocycles. The van der Waals surface area contributed by atoms with Crippen molar-refractivity contribution in [2.45, 2.75) is 12.5 Å². The Bertz CT molecular complexity index is 518. The van der Waals surface area contributed by atoms with Gasteiger partial charge in [0.2, 0.25) is 11.8 Å². The van der Waals surface area contributed by atoms with Gasteiger partial charge in [-0.2, -0.15) is 0 Å². The Morgan fingerprint density at radius 3 is 2.64 bits per heavy atom. The average Bonchev–Trinajstić information content (AvgIpc) is 2.91. The molecule has 7 heteroatoms. The van der Waals surface area contributed by atoms with Gasteiger partial charge in [-0.15, -0.1) is 0 Å². The predicted octanol–water partition coefficient (Wildman–Crippen LogP) is -0.749. The van der Waals surface area contributed by atoms with Crippen LogP contribution in [0.2, 0.25) is 0 Å². The zero-order chi connectivity index (χ0) is 15.9. The van der Waals surface area contributed by atoms with Crippen LogP contribution in [0.5, 0.6) is 5.75 Å². The maximum atomic E-state index is 11.7. The summed E-state index contributed by atoms with van der Waals surface area (Å²) in [4.78, 5) is 22.6. The molecule has 5 N–H and O–H groups in total. The summed E-state index contributed by atoms with van der Waals surface area (Å²) in [5.41, 5.74) is 5.55. The van der Waals surface area contributed by atoms with E-state index in [4.69, 9.17) is 10.5 Å². The fourth-order valence-electron chi connectivity index (χ4n) is 2.24. The van der Waals surface area contributed by atoms with Crippen LogP contribution in [0, 0.1) is 5.92 Å². The highest BCUT2D eigenvalue weighted by molar-refractivity contribution is 5.92. The van der Waals surface area contributed by atoms with E-state index in [9.17, 15) is 14.7 Å². The van der Waals surface area contributed by atoms with Crippen molar-refractivity contribution in [1.82, 2.24) is 10.6 Å². The van der Waals surface area contributed by atoms with Gasteiger partial charge in [-0.25, -0.2) is 0 Å². The van der Waals surface area contributed by atoms with Crippen molar-refractivity contribution in [3.05, 3.63) is 29.8 Å². The van der Waals surface area contributed by atoms with E-state index in [1.807, 2.05) is 0 Å². The largest absolute Gasteiger partial charge is 0.493 e. The molecule has 0 bridgehead atoms. The first-order valence-electron chi connectivity index (χ1n) is 7.24. The normalized spacial score (nSPS) is 20.6. The molecule has 22 heavy (non-hydrogen) atoms. The van der Waals surface area contributed by atoms with Crippen molar-refractivity contribution in [2.75, 3.05) is 26.2 Å². The van der Waals surface area contributed by atoms with Crippen molar-refractivity contribution in [3.8, 4) is 5.75 Å². The van der Waals surface area contributed by atoms with Crippen LogP contribution in [0.25, 0.3) is 0 Å². The quantitative estimate of drug-likeness (QED) is 0.529. The summed E-state index contributed by atoms with van der Waals surface area (Å²) in [6.45, 7) is 1.99. The van der Waals surface area contributed by atoms with Crippen LogP contribution < -0.4 is 21.1 Å². The fourth-order valence-corrected chi connectivity index (χ4v) is 2.24. The van der Waals surface area contributed by atoms with Crippen molar-refractivity contribution in [2.24, 2.45) is 11.7 Å². The second kappa shape index (κ2) is 7.77. The maximum absolute atomic E-state index is 11.7. The van der Waals surface area contributed by atoms with E-state index >= 15 is 0 Å². The molecule has 1 aliphatic rings. The van der Waals surface area contributed by atoms with Crippen molar-refractivity contribution in [3.63, 3.8) is 0 Å². The van der Waals surface area contributed by atoms with Crippen LogP contribution in [0.1, 0.15) is 16.8 Å². The molecular weight excluding hydrogens is 286 g/mol. The minimum absolute atomic E-state index is 0.0613. The number of rotatable bonds is 7. The molecule has 2 unspecified atom stereocenters. The number of ether oxygens (including phenoxy) is 1. The first-order chi connectivity index (χ1) is 10.6. The van der Waals surface area contributed by atoms with E-state index in [0.29, 0.717) is 30.9 Å². The van der Waals surface area contributed by atoms with Crippen LogP contribution in [0.3, 0.4) is 0 Å². The Kier molecular flexibility index (Phi) is 5.74. The lowest BCUT2D eigenvalue weighted by Gasteiger charge is -2.14. The molecule has 0 spiro atoms. The van der Waals surface area contributed by atoms with E-state index in [2.05, 4.69) is 10.6 Å². The average molecular weight is 307 g/mol. The molecule has 0 aromatic heterocycles. The van der Waals surface area contributed by atoms with Gasteiger partial charge in [0.15, 0.2) is 0 Å². The van der Waals surface area contributed by atoms with Gasteiger partial charge in [-0.3, -0.25) is 9.59 Å². The van der Waals surface area contributed by atoms with Gasteiger partial charge >= 0.3 is 0 Å². The fraction of sp³-hybridized carbons (Fsp3) is 0.467. The SMILES string of the molecule is NC(=O)c1ccc(OCCC(=O)NCC2CNCC2O)cc1. The number of hydrogen-bond donors (Lipinski definition) is 4. The molecular formula is C15H21N3O4. The number of nitrogens with two attached hydrogens (primary N) is 1. The van der Waals surface area contributed by atoms with Gasteiger partial charge in [0, 0.05) is 31.1 Å². The zero-order valence-corrected chi connectivity index (χ0v) is 12.2. The molecule has 1 aromatic rings. The molecule has 0 radical (unpaired) electrons. The second-order valence-electron chi connectivity index (χ2n) is 5.28. The highest BCUT2D eigenvalue weighted by Crippen LogP contribution is 2.12. The van der Waals surface area contributed by atoms with Crippen LogP contribution in [0.15, 0.2) is 24.3 Å². The number of amides is 2. The lowest BCUT2D eigenvalue weighted by atomic mass is 10.1. The number of primary amides is 1. The Labute approximate surface area is 128 Å². The summed E-state index contributed by atoms with van der Waals surface area (Å²) in [6.07, 6.45) is -0.173. The first-order valence-corrected chi connectivity index (χ1v) is 7.24. The number of aliphatic hydroxyl groups excluding tert-OH is 1. The van der Waals surface area contributed by atoms with Crippen molar-refractivity contribution in [1.29, 1.82) is 0 Å². The van der Waals surface area contributed by atoms with Gasteiger partial charge in [0.1, 0.15) is 5.75 Å². The lowest BCUT2D eigenvalue weighted by molar-refractivity contribution is -0.121. The number of nitrogens with one attached hydrogen (secondary N) is 2. The molecule has 2 amide bonds. The summed E-state index contributed by atoms with van der Waals surface area (Å²) in [5.74, 6) is 0.0294. The van der Waals surface area contributed by atoms with Crippen LogP contribution in [-0.2, 0) is 4.79 Å². The first kappa shape index (κ1) is 16.3. The number of β-amino-alcohol motifs (C(OH)–C–C–N with tert-alkyl or cyclic N) is 1. The smallest absolute Gasteiger partial charge is 0.248 e. The van der Waals surface area contributed by atoms with Gasteiger partial charge in [0.05, 0.1) is 19.1 Å². The molecule has 120 valence electrons. The minimum atomic E-state index is -0.491. The van der Waals surface area contributed by atoms with E-state index in [1.165, 1.54) is 0 Å². The van der Waals surface area contributed by atoms with E-state index in [-0.39, 0.29) is 24.9 Å². The third kappa shape index (κ3) is 4.71. The number of carbonyl (C=O) groups is 2. The standard InChI is InChI=1S/C15H21N3O4/c16-15(21)10-1-3-12(4-2-10)22-6-5-14(20)18-8-11-7-17-9-13(11)19/h1-4,11,13,17,19H,5-9H2,(H2,16,21)(H,18,20). The summed E-state index contributed by atoms with van der Waals surface area (Å²) < 4.78 is 5.43. The van der Waals surface area contributed by atoms with Crippen LogP contribution >= 0.6 is 0 Å². The molecule has 7 nitrogen and oxygen atoms in total. The summed E-state index contributed by atoms with van der Waals surface area (Å²) in [7, 11) is 0. The molecule has 1 aromatic carbocycles. The van der Waals surface area contributed by atoms with E-state index in [0.717, 1.165) is 0 Å². The highest BCUT2D eigenvalue weighted by atomic mass is 16.5. The molecule has 1 fully saturated rings. The van der Waals surface area contributed by atoms with E-state index < -0.39 is 12.0 Å². The number of hydrogen-bond acceptors (Lipinski definition) is 5. The third-order valence-electron chi connectivity index (χ3n) is 3.60. The summed E-state index contributed by atoms with van der Waals surface area (Å²) >= 11 is 0. The van der Waals surface area contributed by atoms with Crippen molar-refractivity contribution >= 4 is 11.8 Å². The number of carbonyl (C=O) groups excluding carboxylic acids is 2. The molecule has 1 saturated heterocycles. The Hall–Kier alpha value is -2.12. The van der Waals surface area contributed by atoms with Gasteiger partial charge in [-0.1, -0.05) is 0 Å². The van der Waals surface area contributed by atoms with Gasteiger partial charge in [-0.05, 0) is 24.3 Å². The molecule has 1 aliphatic heterocycles. The second-order valence-corrected chi connectivity index (χ2v) is 5.28. The lowest BCUT2D eigenvalue weighted by Crippen LogP contribution is -2.34. The van der Waals surface area contributed by atoms with Crippen molar-refractivity contribution < 1.29 is 19.4 Å². The maximum Gasteiger partial charge on any atom is 0.248 e. The van der Waals surface area contributed by atoms with Gasteiger partial charge < -0.3 is 26.2 Å². The topological polar surface area (TPSA) is 114 Å². The Balaban J connectivity index is 1.65.